The summed E-state index contributed by atoms with van der Waals surface area (Å²) in [7, 11) is 1.59. The van der Waals surface area contributed by atoms with Crippen molar-refractivity contribution < 1.29 is 19.3 Å². The van der Waals surface area contributed by atoms with Gasteiger partial charge in [-0.15, -0.1) is 0 Å². The van der Waals surface area contributed by atoms with Crippen molar-refractivity contribution in [2.75, 3.05) is 13.9 Å². The van der Waals surface area contributed by atoms with E-state index in [1.165, 1.54) is 0 Å². The third-order valence-electron chi connectivity index (χ3n) is 9.42. The van der Waals surface area contributed by atoms with E-state index < -0.39 is 0 Å². The number of aliphatic hydroxyl groups excluding tert-OH is 1. The summed E-state index contributed by atoms with van der Waals surface area (Å²) in [5, 5.41) is 14.6. The van der Waals surface area contributed by atoms with Gasteiger partial charge in [0, 0.05) is 34.9 Å². The molecule has 254 valence electrons. The molecule has 0 aliphatic rings. The molecule has 2 aromatic heterocycles. The smallest absolute Gasteiger partial charge is 0.188 e. The first-order valence-electron chi connectivity index (χ1n) is 17.1. The molecule has 0 saturated heterocycles. The zero-order chi connectivity index (χ0) is 35.0. The van der Waals surface area contributed by atoms with Crippen LogP contribution in [0.3, 0.4) is 0 Å². The van der Waals surface area contributed by atoms with E-state index in [1.54, 1.807) is 7.11 Å². The van der Waals surface area contributed by atoms with E-state index in [0.29, 0.717) is 17.1 Å². The number of benzene rings is 7. The molecule has 3 N–H and O–H groups in total. The normalized spacial score (nSPS) is 11.6. The van der Waals surface area contributed by atoms with Crippen molar-refractivity contribution in [3.8, 4) is 45.4 Å². The van der Waals surface area contributed by atoms with Gasteiger partial charge in [-0.3, -0.25) is 0 Å². The number of nitrogens with zero attached hydrogens (tertiary/aromatic N) is 2. The Morgan fingerprint density at radius 2 is 1.19 bits per heavy atom. The number of fused-ring (bicyclic) bond motifs is 4. The molecular formula is C44H34N4O4. The predicted molar refractivity (Wildman–Crippen MR) is 206 cm³/mol. The molecule has 9 aromatic rings. The second-order valence-electron chi connectivity index (χ2n) is 12.7. The van der Waals surface area contributed by atoms with Crippen molar-refractivity contribution in [3.63, 3.8) is 0 Å². The molecule has 2 heterocycles. The van der Waals surface area contributed by atoms with Gasteiger partial charge in [0.15, 0.2) is 6.79 Å². The van der Waals surface area contributed by atoms with Gasteiger partial charge in [-0.1, -0.05) is 78.9 Å². The molecule has 8 nitrogen and oxygen atoms in total. The van der Waals surface area contributed by atoms with E-state index in [1.807, 2.05) is 91.0 Å². The van der Waals surface area contributed by atoms with E-state index >= 15 is 0 Å². The molecule has 0 saturated carbocycles. The van der Waals surface area contributed by atoms with Crippen molar-refractivity contribution in [1.82, 2.24) is 19.9 Å². The average Bonchev–Trinajstić information content (AvgIpc) is 3.84. The molecule has 9 rings (SSSR count). The van der Waals surface area contributed by atoms with Crippen LogP contribution in [-0.2, 0) is 18.0 Å². The second kappa shape index (κ2) is 13.3. The molecule has 0 fully saturated rings. The fourth-order valence-corrected chi connectivity index (χ4v) is 7.05. The number of ether oxygens (including phenoxy) is 3. The number of para-hydroxylation sites is 4. The van der Waals surface area contributed by atoms with Crippen LogP contribution in [0.4, 0.5) is 0 Å². The lowest BCUT2D eigenvalue weighted by atomic mass is 9.90. The van der Waals surface area contributed by atoms with Gasteiger partial charge in [0.05, 0.1) is 28.7 Å². The summed E-state index contributed by atoms with van der Waals surface area (Å²) in [5.41, 5.74) is 8.89. The summed E-state index contributed by atoms with van der Waals surface area (Å²) in [4.78, 5) is 16.8. The second-order valence-corrected chi connectivity index (χ2v) is 12.7. The van der Waals surface area contributed by atoms with E-state index in [9.17, 15) is 5.11 Å². The van der Waals surface area contributed by atoms with Crippen LogP contribution in [0.2, 0.25) is 0 Å². The van der Waals surface area contributed by atoms with E-state index in [-0.39, 0.29) is 20.0 Å². The Hall–Kier alpha value is -6.48. The molecular weight excluding hydrogens is 649 g/mol. The minimum atomic E-state index is -0.197. The molecule has 0 aliphatic heterocycles. The van der Waals surface area contributed by atoms with Gasteiger partial charge in [-0.2, -0.15) is 0 Å². The van der Waals surface area contributed by atoms with Gasteiger partial charge in [0.1, 0.15) is 29.8 Å². The maximum absolute atomic E-state index is 10.5. The Bertz CT molecular complexity index is 2590. The summed E-state index contributed by atoms with van der Waals surface area (Å²) in [5.74, 6) is 2.77. The number of rotatable bonds is 10. The Kier molecular flexibility index (Phi) is 8.08. The van der Waals surface area contributed by atoms with Crippen molar-refractivity contribution in [2.24, 2.45) is 0 Å². The molecule has 0 spiro atoms. The quantitative estimate of drug-likeness (QED) is 0.124. The molecule has 8 heteroatoms. The topological polar surface area (TPSA) is 105 Å². The molecule has 0 atom stereocenters. The molecule has 0 amide bonds. The zero-order valence-electron chi connectivity index (χ0n) is 28.4. The first-order chi connectivity index (χ1) is 25.7. The highest BCUT2D eigenvalue weighted by molar-refractivity contribution is 6.10. The third-order valence-corrected chi connectivity index (χ3v) is 9.42. The standard InChI is InChI=1S/C44H34N4O4/c1-50-26-52-42-32(24-49)22-29-11-3-5-13-34(29)41(42)40-33-12-4-2-10-28(33)18-19-39(40)51-25-27-20-30(43-45-35-14-6-7-15-36(35)46-43)23-31(21-27)44-47-37-16-8-9-17-38(37)48-44/h2-23,49H,24-26H2,1H3,(H,45,46)(H,47,48). The predicted octanol–water partition coefficient (Wildman–Crippen LogP) is 9.80. The van der Waals surface area contributed by atoms with Crippen LogP contribution in [0.1, 0.15) is 11.1 Å². The maximum Gasteiger partial charge on any atom is 0.188 e. The highest BCUT2D eigenvalue weighted by Gasteiger charge is 2.22. The van der Waals surface area contributed by atoms with Gasteiger partial charge in [0.25, 0.3) is 0 Å². The Labute approximate surface area is 299 Å². The van der Waals surface area contributed by atoms with Crippen LogP contribution >= 0.6 is 0 Å². The van der Waals surface area contributed by atoms with Crippen LogP contribution < -0.4 is 9.47 Å². The van der Waals surface area contributed by atoms with E-state index in [0.717, 1.165) is 83.1 Å². The number of nitrogens with one attached hydrogen (secondary N) is 2. The van der Waals surface area contributed by atoms with Crippen LogP contribution in [0.15, 0.2) is 133 Å². The van der Waals surface area contributed by atoms with Crippen LogP contribution in [0, 0.1) is 0 Å². The van der Waals surface area contributed by atoms with Gasteiger partial charge >= 0.3 is 0 Å². The lowest BCUT2D eigenvalue weighted by molar-refractivity contribution is 0.0500. The van der Waals surface area contributed by atoms with Crippen LogP contribution in [0.25, 0.3) is 77.5 Å². The minimum absolute atomic E-state index is 0.0262. The van der Waals surface area contributed by atoms with Crippen LogP contribution in [0.5, 0.6) is 11.5 Å². The van der Waals surface area contributed by atoms with Crippen molar-refractivity contribution >= 4 is 43.6 Å². The van der Waals surface area contributed by atoms with Gasteiger partial charge in [-0.05, 0) is 81.7 Å². The number of aromatic nitrogens is 4. The number of imidazole rings is 2. The fraction of sp³-hybridized carbons (Fsp3) is 0.0909. The molecule has 52 heavy (non-hydrogen) atoms. The number of hydrogen-bond acceptors (Lipinski definition) is 6. The number of aromatic amines is 2. The van der Waals surface area contributed by atoms with Gasteiger partial charge in [-0.25, -0.2) is 9.97 Å². The van der Waals surface area contributed by atoms with Crippen molar-refractivity contribution in [2.45, 2.75) is 13.2 Å². The molecule has 0 bridgehead atoms. The van der Waals surface area contributed by atoms with E-state index in [4.69, 9.17) is 24.2 Å². The average molecular weight is 683 g/mol. The summed E-state index contributed by atoms with van der Waals surface area (Å²) in [6.45, 7) is 0.0912. The van der Waals surface area contributed by atoms with Gasteiger partial charge in [0.2, 0.25) is 0 Å². The molecule has 0 aliphatic carbocycles. The SMILES string of the molecule is COCOc1c(CO)cc2ccccc2c1-c1c(OCc2cc(-c3nc4ccccc4[nH]3)cc(-c3nc4ccccc4[nH]3)c2)ccc2ccccc12. The van der Waals surface area contributed by atoms with E-state index in [2.05, 4.69) is 52.4 Å². The molecule has 0 radical (unpaired) electrons. The van der Waals surface area contributed by atoms with Crippen molar-refractivity contribution in [1.29, 1.82) is 0 Å². The Balaban J connectivity index is 1.20. The number of methoxy groups -OCH3 is 1. The Morgan fingerprint density at radius 3 is 1.83 bits per heavy atom. The number of H-pyrrole nitrogens is 2. The first-order valence-corrected chi connectivity index (χ1v) is 17.1. The zero-order valence-corrected chi connectivity index (χ0v) is 28.4. The van der Waals surface area contributed by atoms with Crippen LogP contribution in [-0.4, -0.2) is 38.9 Å². The number of aliphatic hydroxyl groups is 1. The molecule has 7 aromatic carbocycles. The number of hydrogen-bond donors (Lipinski definition) is 3. The lowest BCUT2D eigenvalue weighted by Crippen LogP contribution is -2.05. The fourth-order valence-electron chi connectivity index (χ4n) is 7.05. The maximum atomic E-state index is 10.5. The summed E-state index contributed by atoms with van der Waals surface area (Å²) >= 11 is 0. The van der Waals surface area contributed by atoms with Crippen molar-refractivity contribution in [3.05, 3.63) is 145 Å². The molecule has 0 unspecified atom stereocenters. The van der Waals surface area contributed by atoms with Gasteiger partial charge < -0.3 is 29.3 Å². The highest BCUT2D eigenvalue weighted by Crippen LogP contribution is 2.47. The Morgan fingerprint density at radius 1 is 0.596 bits per heavy atom. The highest BCUT2D eigenvalue weighted by atomic mass is 16.7. The summed E-state index contributed by atoms with van der Waals surface area (Å²) < 4.78 is 18.5. The first kappa shape index (κ1) is 31.5. The largest absolute Gasteiger partial charge is 0.488 e. The monoisotopic (exact) mass is 682 g/mol. The lowest BCUT2D eigenvalue weighted by Gasteiger charge is -2.21. The summed E-state index contributed by atoms with van der Waals surface area (Å²) in [6, 6.07) is 44.8. The minimum Gasteiger partial charge on any atom is -0.488 e. The summed E-state index contributed by atoms with van der Waals surface area (Å²) in [6.07, 6.45) is 0. The third kappa shape index (κ3) is 5.70.